The Morgan fingerprint density at radius 2 is 1.51 bits per heavy atom. The van der Waals surface area contributed by atoms with Gasteiger partial charge in [0, 0.05) is 23.4 Å². The number of nitrogens with zero attached hydrogens (tertiary/aromatic N) is 5. The van der Waals surface area contributed by atoms with Gasteiger partial charge in [0.05, 0.1) is 11.4 Å². The number of tetrazole rings is 1. The molecule has 9 nitrogen and oxygen atoms in total. The van der Waals surface area contributed by atoms with Crippen LogP contribution in [-0.4, -0.2) is 40.0 Å². The Kier molecular flexibility index (Phi) is 8.33. The van der Waals surface area contributed by atoms with Gasteiger partial charge in [-0.25, -0.2) is 17.6 Å². The summed E-state index contributed by atoms with van der Waals surface area (Å²) in [5.74, 6) is -7.74. The Morgan fingerprint density at radius 1 is 0.822 bits per heavy atom. The molecule has 0 N–H and O–H groups in total. The molecule has 0 spiro atoms. The molecular weight excluding hydrogens is 635 g/mol. The van der Waals surface area contributed by atoms with Gasteiger partial charge in [-0.3, -0.25) is 4.98 Å². The highest BCUT2D eigenvalue weighted by atomic mass is 32.2. The molecule has 5 aromatic rings. The second kappa shape index (κ2) is 11.9. The second-order valence-corrected chi connectivity index (χ2v) is 10.9. The number of pyridine rings is 1. The summed E-state index contributed by atoms with van der Waals surface area (Å²) >= 11 is 0. The first-order valence-corrected chi connectivity index (χ1v) is 14.0. The van der Waals surface area contributed by atoms with Gasteiger partial charge in [0.1, 0.15) is 29.4 Å². The van der Waals surface area contributed by atoms with Crippen molar-refractivity contribution in [1.82, 2.24) is 25.2 Å². The third-order valence-corrected chi connectivity index (χ3v) is 7.79. The first kappa shape index (κ1) is 31.5. The van der Waals surface area contributed by atoms with Gasteiger partial charge < -0.3 is 4.74 Å². The van der Waals surface area contributed by atoms with Crippen LogP contribution in [0.15, 0.2) is 102 Å². The molecule has 234 valence electrons. The predicted molar refractivity (Wildman–Crippen MR) is 141 cm³/mol. The lowest BCUT2D eigenvalue weighted by Crippen LogP contribution is -2.51. The minimum Gasteiger partial charge on any atom is -0.406 e. The monoisotopic (exact) mass is 653 g/mol. The van der Waals surface area contributed by atoms with E-state index in [4.69, 9.17) is 4.18 Å². The molecule has 45 heavy (non-hydrogen) atoms. The van der Waals surface area contributed by atoms with E-state index in [9.17, 15) is 26.0 Å². The maximum absolute atomic E-state index is 16.9. The Bertz CT molecular complexity index is 1880. The Morgan fingerprint density at radius 3 is 2.09 bits per heavy atom. The van der Waals surface area contributed by atoms with Gasteiger partial charge in [-0.1, -0.05) is 36.4 Å². The lowest BCUT2D eigenvalue weighted by molar-refractivity contribution is -0.274. The predicted octanol–water partition coefficient (Wildman–Crippen LogP) is 6.00. The maximum atomic E-state index is 16.9. The van der Waals surface area contributed by atoms with E-state index in [1.165, 1.54) is 30.3 Å². The highest BCUT2D eigenvalue weighted by molar-refractivity contribution is 7.86. The molecule has 0 fully saturated rings. The van der Waals surface area contributed by atoms with Crippen molar-refractivity contribution in [2.24, 2.45) is 0 Å². The van der Waals surface area contributed by atoms with E-state index in [-0.39, 0.29) is 17.2 Å². The van der Waals surface area contributed by atoms with Gasteiger partial charge in [0.25, 0.3) is 10.1 Å². The number of benzene rings is 3. The van der Waals surface area contributed by atoms with Gasteiger partial charge in [0.2, 0.25) is 5.60 Å². The molecule has 1 atom stereocenters. The van der Waals surface area contributed by atoms with Crippen LogP contribution >= 0.6 is 0 Å². The fraction of sp³-hybridized carbons (Fsp3) is 0.143. The zero-order valence-corrected chi connectivity index (χ0v) is 23.2. The largest absolute Gasteiger partial charge is 0.573 e. The molecule has 0 saturated heterocycles. The van der Waals surface area contributed by atoms with Crippen molar-refractivity contribution < 1.29 is 48.1 Å². The average Bonchev–Trinajstić information content (AvgIpc) is 3.50. The second-order valence-electron chi connectivity index (χ2n) is 9.39. The average molecular weight is 654 g/mol. The summed E-state index contributed by atoms with van der Waals surface area (Å²) in [6.07, 6.45) is -3.13. The van der Waals surface area contributed by atoms with Gasteiger partial charge in [0.15, 0.2) is 0 Å². The molecule has 0 amide bonds. The summed E-state index contributed by atoms with van der Waals surface area (Å²) in [6.45, 7) is -1.20. The van der Waals surface area contributed by atoms with E-state index in [0.29, 0.717) is 16.8 Å². The third-order valence-electron chi connectivity index (χ3n) is 6.44. The van der Waals surface area contributed by atoms with Gasteiger partial charge in [-0.2, -0.15) is 17.2 Å². The van der Waals surface area contributed by atoms with E-state index < -0.39 is 68.1 Å². The molecule has 0 aliphatic carbocycles. The standard InChI is InChI=1S/C28H18F7N5O4S/c29-20-9-12-23(24(30)14-20)26(16-40-17-37-38-39-40,44-45(41,42)22-4-2-1-3-5-22)27(31,32)25-13-8-19(15-36-25)18-6-10-21(11-7-18)43-28(33,34)35/h1-15,17H,16H2. The van der Waals surface area contributed by atoms with Crippen molar-refractivity contribution in [3.63, 3.8) is 0 Å². The van der Waals surface area contributed by atoms with Crippen LogP contribution in [0.25, 0.3) is 11.1 Å². The maximum Gasteiger partial charge on any atom is 0.573 e. The van der Waals surface area contributed by atoms with Crippen LogP contribution in [-0.2, 0) is 32.4 Å². The van der Waals surface area contributed by atoms with Gasteiger partial charge >= 0.3 is 12.3 Å². The van der Waals surface area contributed by atoms with E-state index in [2.05, 4.69) is 25.2 Å². The molecule has 17 heteroatoms. The molecule has 2 aromatic heterocycles. The smallest absolute Gasteiger partial charge is 0.406 e. The number of alkyl halides is 5. The van der Waals surface area contributed by atoms with Crippen molar-refractivity contribution in [3.05, 3.63) is 120 Å². The number of aromatic nitrogens is 5. The van der Waals surface area contributed by atoms with E-state index in [0.717, 1.165) is 48.9 Å². The van der Waals surface area contributed by atoms with Crippen molar-refractivity contribution in [2.75, 3.05) is 0 Å². The van der Waals surface area contributed by atoms with E-state index >= 15 is 13.2 Å². The molecular formula is C28H18F7N5O4S. The summed E-state index contributed by atoms with van der Waals surface area (Å²) < 4.78 is 137. The van der Waals surface area contributed by atoms with Crippen LogP contribution in [0, 0.1) is 11.6 Å². The van der Waals surface area contributed by atoms with Crippen LogP contribution in [0.2, 0.25) is 0 Å². The molecule has 0 radical (unpaired) electrons. The highest BCUT2D eigenvalue weighted by Gasteiger charge is 2.62. The Hall–Kier alpha value is -4.90. The highest BCUT2D eigenvalue weighted by Crippen LogP contribution is 2.51. The van der Waals surface area contributed by atoms with Crippen LogP contribution in [0.4, 0.5) is 30.7 Å². The minimum absolute atomic E-state index is 0.171. The number of hydrogen-bond donors (Lipinski definition) is 0. The number of hydrogen-bond acceptors (Lipinski definition) is 8. The summed E-state index contributed by atoms with van der Waals surface area (Å²) in [5, 5.41) is 10.2. The van der Waals surface area contributed by atoms with E-state index in [1.807, 2.05) is 0 Å². The van der Waals surface area contributed by atoms with Crippen molar-refractivity contribution >= 4 is 10.1 Å². The first-order chi connectivity index (χ1) is 21.2. The van der Waals surface area contributed by atoms with Crippen molar-refractivity contribution in [2.45, 2.75) is 29.3 Å². The van der Waals surface area contributed by atoms with Crippen LogP contribution < -0.4 is 4.74 Å². The fourth-order valence-electron chi connectivity index (χ4n) is 4.40. The zero-order chi connectivity index (χ0) is 32.5. The minimum atomic E-state index is -5.10. The molecule has 0 bridgehead atoms. The number of ether oxygens (including phenoxy) is 1. The fourth-order valence-corrected chi connectivity index (χ4v) is 5.61. The van der Waals surface area contributed by atoms with Gasteiger partial charge in [-0.15, -0.1) is 18.3 Å². The molecule has 0 aliphatic rings. The third kappa shape index (κ3) is 6.63. The Labute approximate surface area is 250 Å². The van der Waals surface area contributed by atoms with Crippen LogP contribution in [0.5, 0.6) is 5.75 Å². The summed E-state index contributed by atoms with van der Waals surface area (Å²) in [4.78, 5) is 3.24. The van der Waals surface area contributed by atoms with E-state index in [1.54, 1.807) is 0 Å². The van der Waals surface area contributed by atoms with Crippen molar-refractivity contribution in [3.8, 4) is 16.9 Å². The molecule has 0 saturated carbocycles. The molecule has 1 unspecified atom stereocenters. The number of rotatable bonds is 10. The molecule has 0 aliphatic heterocycles. The Balaban J connectivity index is 1.64. The number of halogens is 7. The molecule has 3 aromatic carbocycles. The quantitative estimate of drug-likeness (QED) is 0.133. The van der Waals surface area contributed by atoms with Crippen molar-refractivity contribution in [1.29, 1.82) is 0 Å². The topological polar surface area (TPSA) is 109 Å². The summed E-state index contributed by atoms with van der Waals surface area (Å²) in [5.41, 5.74) is -5.23. The molecule has 5 rings (SSSR count). The van der Waals surface area contributed by atoms with Gasteiger partial charge in [-0.05, 0) is 58.5 Å². The summed E-state index contributed by atoms with van der Waals surface area (Å²) in [7, 11) is -5.10. The van der Waals surface area contributed by atoms with Crippen LogP contribution in [0.1, 0.15) is 11.3 Å². The lowest BCUT2D eigenvalue weighted by atomic mass is 9.84. The summed E-state index contributed by atoms with van der Waals surface area (Å²) in [6, 6.07) is 14.1. The van der Waals surface area contributed by atoms with Crippen LogP contribution in [0.3, 0.4) is 0 Å². The SMILES string of the molecule is O=S(=O)(OC(Cn1cnnn1)(c1ccc(F)cc1F)C(F)(F)c1ccc(-c2ccc(OC(F)(F)F)cc2)cn1)c1ccccc1. The normalized spacial score (nSPS) is 13.8. The lowest BCUT2D eigenvalue weighted by Gasteiger charge is -2.39. The molecule has 2 heterocycles. The zero-order valence-electron chi connectivity index (χ0n) is 22.4. The first-order valence-electron chi connectivity index (χ1n) is 12.6.